The number of hydrogen-bond acceptors (Lipinski definition) is 4. The molecule has 1 aromatic heterocycles. The summed E-state index contributed by atoms with van der Waals surface area (Å²) in [5.41, 5.74) is 1.38. The van der Waals surface area contributed by atoms with E-state index in [1.807, 2.05) is 0 Å². The Kier molecular flexibility index (Phi) is 6.33. The number of fused-ring (bicyclic) bond motifs is 1. The van der Waals surface area contributed by atoms with Gasteiger partial charge >= 0.3 is 6.18 Å². The predicted octanol–water partition coefficient (Wildman–Crippen LogP) is 6.39. The van der Waals surface area contributed by atoms with E-state index in [9.17, 15) is 13.2 Å². The van der Waals surface area contributed by atoms with Crippen molar-refractivity contribution in [1.29, 1.82) is 0 Å². The monoisotopic (exact) mass is 492 g/mol. The number of aromatic nitrogens is 2. The number of piperidine rings is 1. The van der Waals surface area contributed by atoms with Crippen LogP contribution in [0.5, 0.6) is 0 Å². The number of alkyl halides is 3. The molecule has 34 heavy (non-hydrogen) atoms. The van der Waals surface area contributed by atoms with E-state index in [1.54, 1.807) is 6.07 Å². The van der Waals surface area contributed by atoms with E-state index in [1.165, 1.54) is 11.6 Å². The van der Waals surface area contributed by atoms with Gasteiger partial charge in [0.25, 0.3) is 0 Å². The molecule has 1 saturated carbocycles. The van der Waals surface area contributed by atoms with Gasteiger partial charge in [-0.25, -0.2) is 4.98 Å². The van der Waals surface area contributed by atoms with Crippen molar-refractivity contribution >= 4 is 41.0 Å². The maximum atomic E-state index is 13.4. The number of nitrogens with one attached hydrogen (secondary N) is 3. The zero-order valence-electron chi connectivity index (χ0n) is 19.0. The molecule has 0 atom stereocenters. The second-order valence-corrected chi connectivity index (χ2v) is 9.67. The van der Waals surface area contributed by atoms with Crippen molar-refractivity contribution in [1.82, 2.24) is 14.9 Å². The summed E-state index contributed by atoms with van der Waals surface area (Å²) in [6.45, 7) is 3.82. The fraction of sp³-hybridized carbons (Fsp3) is 0.500. The minimum atomic E-state index is -4.54. The van der Waals surface area contributed by atoms with E-state index in [0.29, 0.717) is 12.0 Å². The molecule has 10 heteroatoms. The maximum Gasteiger partial charge on any atom is 0.417 e. The Morgan fingerprint density at radius 3 is 2.62 bits per heavy atom. The van der Waals surface area contributed by atoms with E-state index in [-0.39, 0.29) is 16.8 Å². The van der Waals surface area contributed by atoms with Gasteiger partial charge in [0, 0.05) is 18.2 Å². The molecule has 1 aliphatic carbocycles. The first kappa shape index (κ1) is 23.2. The Morgan fingerprint density at radius 2 is 1.91 bits per heavy atom. The lowest BCUT2D eigenvalue weighted by Gasteiger charge is -2.28. The molecule has 3 heterocycles. The van der Waals surface area contributed by atoms with Gasteiger partial charge in [0.15, 0.2) is 0 Å². The van der Waals surface area contributed by atoms with Crippen LogP contribution in [0.2, 0.25) is 5.02 Å². The second-order valence-electron chi connectivity index (χ2n) is 9.26. The Balaban J connectivity index is 1.58. The van der Waals surface area contributed by atoms with Crippen molar-refractivity contribution in [3.8, 4) is 0 Å². The number of rotatable bonds is 4. The zero-order chi connectivity index (χ0) is 23.9. The zero-order valence-corrected chi connectivity index (χ0v) is 19.7. The molecular formula is C24H28ClF3N6. The van der Waals surface area contributed by atoms with E-state index in [4.69, 9.17) is 21.6 Å². The van der Waals surface area contributed by atoms with Crippen LogP contribution in [0.15, 0.2) is 28.8 Å². The van der Waals surface area contributed by atoms with Gasteiger partial charge in [-0.05, 0) is 76.4 Å². The standard InChI is InChI=1S/C24H28ClF3N6/c1-14-2-7-21(30-15-3-4-15)33-22-20(12-14)32-23(34(22)17-8-10-29-11-9-17)31-16-5-6-19(25)18(13-16)24(26,27)28/h5-6,12-13,15,17,29H,2-4,7-11H2,1H3,(H,30,33)(H,31,32)/b14-12+. The van der Waals surface area contributed by atoms with Crippen LogP contribution in [0.25, 0.3) is 6.08 Å². The lowest BCUT2D eigenvalue weighted by Crippen LogP contribution is -2.31. The first-order valence-electron chi connectivity index (χ1n) is 11.8. The molecule has 2 fully saturated rings. The molecule has 6 nitrogen and oxygen atoms in total. The highest BCUT2D eigenvalue weighted by atomic mass is 35.5. The van der Waals surface area contributed by atoms with Gasteiger partial charge in [-0.3, -0.25) is 9.56 Å². The van der Waals surface area contributed by atoms with E-state index >= 15 is 0 Å². The number of hydrogen-bond donors (Lipinski definition) is 3. The van der Waals surface area contributed by atoms with Gasteiger partial charge in [0.2, 0.25) is 5.95 Å². The highest BCUT2D eigenvalue weighted by molar-refractivity contribution is 6.31. The van der Waals surface area contributed by atoms with Crippen molar-refractivity contribution in [2.75, 3.05) is 23.7 Å². The predicted molar refractivity (Wildman–Crippen MR) is 130 cm³/mol. The van der Waals surface area contributed by atoms with E-state index < -0.39 is 11.7 Å². The number of aliphatic imine (C=N–C) groups is 1. The van der Waals surface area contributed by atoms with E-state index in [2.05, 4.69) is 33.5 Å². The quantitative estimate of drug-likeness (QED) is 0.462. The second kappa shape index (κ2) is 9.26. The van der Waals surface area contributed by atoms with Gasteiger partial charge < -0.3 is 16.0 Å². The Labute approximate surface area is 201 Å². The van der Waals surface area contributed by atoms with Crippen molar-refractivity contribution < 1.29 is 13.2 Å². The number of halogens is 4. The SMILES string of the molecule is C/C1=C\c2nc(Nc3ccc(Cl)c(C(F)(F)F)c3)n(C3CCNCC3)c2NC(=NC2CC2)CC1. The molecule has 0 radical (unpaired) electrons. The van der Waals surface area contributed by atoms with Crippen LogP contribution < -0.4 is 16.0 Å². The van der Waals surface area contributed by atoms with Gasteiger partial charge in [0.1, 0.15) is 17.3 Å². The highest BCUT2D eigenvalue weighted by Crippen LogP contribution is 2.39. The summed E-state index contributed by atoms with van der Waals surface area (Å²) in [5, 5.41) is 9.76. The number of amidine groups is 1. The van der Waals surface area contributed by atoms with Crippen molar-refractivity contribution in [3.05, 3.63) is 40.1 Å². The third-order valence-corrected chi connectivity index (χ3v) is 6.76. The maximum absolute atomic E-state index is 13.4. The molecule has 3 N–H and O–H groups in total. The third kappa shape index (κ3) is 5.10. The molecule has 1 aromatic carbocycles. The third-order valence-electron chi connectivity index (χ3n) is 6.43. The molecule has 3 aliphatic rings. The van der Waals surface area contributed by atoms with Crippen LogP contribution in [0, 0.1) is 0 Å². The molecule has 2 aliphatic heterocycles. The van der Waals surface area contributed by atoms with Crippen LogP contribution in [-0.2, 0) is 6.18 Å². The minimum Gasteiger partial charge on any atom is -0.328 e. The summed E-state index contributed by atoms with van der Waals surface area (Å²) in [6, 6.07) is 4.39. The van der Waals surface area contributed by atoms with Gasteiger partial charge in [0.05, 0.1) is 16.6 Å². The van der Waals surface area contributed by atoms with Crippen LogP contribution in [0.4, 0.5) is 30.6 Å². The first-order chi connectivity index (χ1) is 16.3. The number of imidazole rings is 1. The van der Waals surface area contributed by atoms with Crippen LogP contribution in [0.3, 0.4) is 0 Å². The van der Waals surface area contributed by atoms with Crippen molar-refractivity contribution in [2.24, 2.45) is 4.99 Å². The van der Waals surface area contributed by atoms with Gasteiger partial charge in [-0.2, -0.15) is 13.2 Å². The molecule has 1 saturated heterocycles. The molecular weight excluding hydrogens is 465 g/mol. The summed E-state index contributed by atoms with van der Waals surface area (Å²) in [5.74, 6) is 2.30. The van der Waals surface area contributed by atoms with Crippen LogP contribution in [0.1, 0.15) is 62.7 Å². The molecule has 0 spiro atoms. The summed E-state index contributed by atoms with van der Waals surface area (Å²) in [6.07, 6.45) is 3.25. The molecule has 0 unspecified atom stereocenters. The number of benzene rings is 1. The molecule has 182 valence electrons. The van der Waals surface area contributed by atoms with E-state index in [0.717, 1.165) is 75.0 Å². The first-order valence-corrected chi connectivity index (χ1v) is 12.1. The molecule has 5 rings (SSSR count). The fourth-order valence-corrected chi connectivity index (χ4v) is 4.70. The Hall–Kier alpha value is -2.52. The Bertz CT molecular complexity index is 1130. The van der Waals surface area contributed by atoms with Gasteiger partial charge in [-0.1, -0.05) is 17.2 Å². The largest absolute Gasteiger partial charge is 0.417 e. The smallest absolute Gasteiger partial charge is 0.328 e. The topological polar surface area (TPSA) is 66.3 Å². The molecule has 2 aromatic rings. The average Bonchev–Trinajstić information content (AvgIpc) is 3.55. The molecule has 0 bridgehead atoms. The summed E-state index contributed by atoms with van der Waals surface area (Å²) in [7, 11) is 0. The lowest BCUT2D eigenvalue weighted by atomic mass is 10.1. The van der Waals surface area contributed by atoms with Crippen LogP contribution >= 0.6 is 11.6 Å². The summed E-state index contributed by atoms with van der Waals surface area (Å²) < 4.78 is 42.4. The summed E-state index contributed by atoms with van der Waals surface area (Å²) >= 11 is 5.83. The average molecular weight is 493 g/mol. The normalized spacial score (nSPS) is 22.4. The lowest BCUT2D eigenvalue weighted by molar-refractivity contribution is -0.137. The minimum absolute atomic E-state index is 0.150. The van der Waals surface area contributed by atoms with Crippen molar-refractivity contribution in [3.63, 3.8) is 0 Å². The number of nitrogens with zero attached hydrogens (tertiary/aromatic N) is 3. The van der Waals surface area contributed by atoms with Gasteiger partial charge in [-0.15, -0.1) is 0 Å². The van der Waals surface area contributed by atoms with Crippen LogP contribution in [-0.4, -0.2) is 34.5 Å². The Morgan fingerprint density at radius 1 is 1.15 bits per heavy atom. The number of anilines is 3. The fourth-order valence-electron chi connectivity index (χ4n) is 4.47. The highest BCUT2D eigenvalue weighted by Gasteiger charge is 2.34. The van der Waals surface area contributed by atoms with Crippen molar-refractivity contribution in [2.45, 2.75) is 63.7 Å². The number of allylic oxidation sites excluding steroid dienone is 1. The molecule has 0 amide bonds. The summed E-state index contributed by atoms with van der Waals surface area (Å²) in [4.78, 5) is 9.72.